The second-order valence-corrected chi connectivity index (χ2v) is 4.32. The van der Waals surface area contributed by atoms with Gasteiger partial charge in [0.15, 0.2) is 0 Å². The molecule has 0 radical (unpaired) electrons. The molecule has 100 valence electrons. The molecule has 1 aliphatic heterocycles. The number of nitrogens with one attached hydrogen (secondary N) is 2. The zero-order chi connectivity index (χ0) is 12.3. The summed E-state index contributed by atoms with van der Waals surface area (Å²) in [7, 11) is 1.63. The van der Waals surface area contributed by atoms with E-state index < -0.39 is 0 Å². The van der Waals surface area contributed by atoms with E-state index in [2.05, 4.69) is 10.6 Å². The summed E-state index contributed by atoms with van der Waals surface area (Å²) in [5.41, 5.74) is 1.86. The highest BCUT2D eigenvalue weighted by molar-refractivity contribution is 5.95. The van der Waals surface area contributed by atoms with Crippen molar-refractivity contribution in [1.82, 2.24) is 5.32 Å². The van der Waals surface area contributed by atoms with Crippen molar-refractivity contribution in [3.63, 3.8) is 0 Å². The maximum atomic E-state index is 11.9. The average molecular weight is 271 g/mol. The van der Waals surface area contributed by atoms with Gasteiger partial charge in [-0.15, -0.1) is 12.4 Å². The number of ether oxygens (including phenoxy) is 1. The molecule has 1 amide bonds. The van der Waals surface area contributed by atoms with Crippen molar-refractivity contribution in [1.29, 1.82) is 0 Å². The summed E-state index contributed by atoms with van der Waals surface area (Å²) < 4.78 is 5.13. The number of methoxy groups -OCH3 is 1. The molecule has 1 unspecified atom stereocenters. The molecular weight excluding hydrogens is 252 g/mol. The fourth-order valence-corrected chi connectivity index (χ4v) is 2.03. The Hall–Kier alpha value is -1.26. The summed E-state index contributed by atoms with van der Waals surface area (Å²) in [4.78, 5) is 11.9. The van der Waals surface area contributed by atoms with Crippen LogP contribution in [-0.4, -0.2) is 25.6 Å². The summed E-state index contributed by atoms with van der Waals surface area (Å²) >= 11 is 0. The third-order valence-electron chi connectivity index (χ3n) is 3.07. The Labute approximate surface area is 114 Å². The highest BCUT2D eigenvalue weighted by Gasteiger charge is 2.22. The van der Waals surface area contributed by atoms with Gasteiger partial charge in [-0.05, 0) is 50.1 Å². The van der Waals surface area contributed by atoms with Gasteiger partial charge in [0.1, 0.15) is 5.75 Å². The largest absolute Gasteiger partial charge is 0.497 e. The van der Waals surface area contributed by atoms with Crippen molar-refractivity contribution >= 4 is 24.0 Å². The Balaban J connectivity index is 0.00000162. The van der Waals surface area contributed by atoms with E-state index in [0.717, 1.165) is 36.4 Å². The van der Waals surface area contributed by atoms with E-state index in [1.165, 1.54) is 0 Å². The highest BCUT2D eigenvalue weighted by atomic mass is 35.5. The van der Waals surface area contributed by atoms with Crippen LogP contribution in [0.15, 0.2) is 18.2 Å². The third-order valence-corrected chi connectivity index (χ3v) is 3.07. The number of hydrogen-bond acceptors (Lipinski definition) is 3. The molecule has 1 saturated heterocycles. The summed E-state index contributed by atoms with van der Waals surface area (Å²) in [6.07, 6.45) is 1.99. The van der Waals surface area contributed by atoms with E-state index in [1.54, 1.807) is 7.11 Å². The summed E-state index contributed by atoms with van der Waals surface area (Å²) in [5.74, 6) is 0.857. The van der Waals surface area contributed by atoms with Gasteiger partial charge in [-0.2, -0.15) is 0 Å². The number of amides is 1. The molecule has 5 heteroatoms. The quantitative estimate of drug-likeness (QED) is 0.885. The van der Waals surface area contributed by atoms with Crippen molar-refractivity contribution in [2.45, 2.75) is 25.8 Å². The van der Waals surface area contributed by atoms with Crippen molar-refractivity contribution < 1.29 is 9.53 Å². The Morgan fingerprint density at radius 2 is 2.28 bits per heavy atom. The number of benzene rings is 1. The predicted octanol–water partition coefficient (Wildman–Crippen LogP) is 2.12. The van der Waals surface area contributed by atoms with Crippen LogP contribution in [0, 0.1) is 6.92 Å². The van der Waals surface area contributed by atoms with Gasteiger partial charge < -0.3 is 15.4 Å². The predicted molar refractivity (Wildman–Crippen MR) is 74.6 cm³/mol. The van der Waals surface area contributed by atoms with Crippen LogP contribution in [0.25, 0.3) is 0 Å². The molecule has 1 aliphatic rings. The Kier molecular flexibility index (Phi) is 5.44. The van der Waals surface area contributed by atoms with Crippen molar-refractivity contribution in [2.75, 3.05) is 19.0 Å². The number of carbonyl (C=O) groups excluding carboxylic acids is 1. The number of halogens is 1. The van der Waals surface area contributed by atoms with E-state index in [1.807, 2.05) is 25.1 Å². The lowest BCUT2D eigenvalue weighted by Gasteiger charge is -2.13. The molecule has 2 rings (SSSR count). The number of anilines is 1. The molecule has 2 N–H and O–H groups in total. The number of carbonyl (C=O) groups is 1. The topological polar surface area (TPSA) is 50.4 Å². The molecule has 1 heterocycles. The second-order valence-electron chi connectivity index (χ2n) is 4.32. The minimum absolute atomic E-state index is 0. The zero-order valence-electron chi connectivity index (χ0n) is 10.7. The molecule has 1 atom stereocenters. The number of hydrogen-bond donors (Lipinski definition) is 2. The van der Waals surface area contributed by atoms with Crippen LogP contribution < -0.4 is 15.4 Å². The first-order valence-corrected chi connectivity index (χ1v) is 5.89. The van der Waals surface area contributed by atoms with Crippen LogP contribution in [0.5, 0.6) is 5.75 Å². The van der Waals surface area contributed by atoms with E-state index in [9.17, 15) is 4.79 Å². The molecule has 0 bridgehead atoms. The SMILES string of the molecule is COc1ccc(NC(=O)C2CCCN2)c(C)c1.Cl. The first-order chi connectivity index (χ1) is 8.20. The Morgan fingerprint density at radius 3 is 2.83 bits per heavy atom. The van der Waals surface area contributed by atoms with E-state index >= 15 is 0 Å². The number of rotatable bonds is 3. The fraction of sp³-hybridized carbons (Fsp3) is 0.462. The minimum Gasteiger partial charge on any atom is -0.497 e. The second kappa shape index (κ2) is 6.61. The van der Waals surface area contributed by atoms with Crippen LogP contribution >= 0.6 is 12.4 Å². The summed E-state index contributed by atoms with van der Waals surface area (Å²) in [5, 5.41) is 6.13. The van der Waals surface area contributed by atoms with Gasteiger partial charge >= 0.3 is 0 Å². The zero-order valence-corrected chi connectivity index (χ0v) is 11.5. The molecule has 1 aromatic carbocycles. The van der Waals surface area contributed by atoms with Crippen LogP contribution in [0.2, 0.25) is 0 Å². The molecule has 1 aromatic rings. The van der Waals surface area contributed by atoms with Gasteiger partial charge in [-0.25, -0.2) is 0 Å². The van der Waals surface area contributed by atoms with E-state index in [0.29, 0.717) is 0 Å². The maximum Gasteiger partial charge on any atom is 0.241 e. The Morgan fingerprint density at radius 1 is 1.50 bits per heavy atom. The van der Waals surface area contributed by atoms with Crippen LogP contribution in [0.3, 0.4) is 0 Å². The van der Waals surface area contributed by atoms with E-state index in [4.69, 9.17) is 4.74 Å². The summed E-state index contributed by atoms with van der Waals surface area (Å²) in [6.45, 7) is 2.89. The van der Waals surface area contributed by atoms with Gasteiger partial charge in [0.25, 0.3) is 0 Å². The third kappa shape index (κ3) is 3.37. The standard InChI is InChI=1S/C13H18N2O2.ClH/c1-9-8-10(17-2)5-6-11(9)15-13(16)12-4-3-7-14-12;/h5-6,8,12,14H,3-4,7H2,1-2H3,(H,15,16);1H. The first kappa shape index (κ1) is 14.8. The first-order valence-electron chi connectivity index (χ1n) is 5.89. The van der Waals surface area contributed by atoms with Crippen molar-refractivity contribution in [3.8, 4) is 5.75 Å². The molecule has 0 aromatic heterocycles. The lowest BCUT2D eigenvalue weighted by Crippen LogP contribution is -2.35. The normalized spacial score (nSPS) is 18.0. The lowest BCUT2D eigenvalue weighted by atomic mass is 10.1. The van der Waals surface area contributed by atoms with Gasteiger partial charge in [0.2, 0.25) is 5.91 Å². The Bertz CT molecular complexity index is 417. The number of aryl methyl sites for hydroxylation is 1. The van der Waals surface area contributed by atoms with Crippen LogP contribution in [0.1, 0.15) is 18.4 Å². The van der Waals surface area contributed by atoms with Crippen molar-refractivity contribution in [3.05, 3.63) is 23.8 Å². The van der Waals surface area contributed by atoms with Gasteiger partial charge in [-0.3, -0.25) is 4.79 Å². The summed E-state index contributed by atoms with van der Waals surface area (Å²) in [6, 6.07) is 5.60. The molecule has 0 saturated carbocycles. The lowest BCUT2D eigenvalue weighted by molar-refractivity contribution is -0.117. The van der Waals surface area contributed by atoms with Gasteiger partial charge in [0, 0.05) is 5.69 Å². The smallest absolute Gasteiger partial charge is 0.241 e. The van der Waals surface area contributed by atoms with Gasteiger partial charge in [0.05, 0.1) is 13.2 Å². The molecule has 0 aliphatic carbocycles. The van der Waals surface area contributed by atoms with Gasteiger partial charge in [-0.1, -0.05) is 0 Å². The fourth-order valence-electron chi connectivity index (χ4n) is 2.03. The van der Waals surface area contributed by atoms with Crippen LogP contribution in [-0.2, 0) is 4.79 Å². The van der Waals surface area contributed by atoms with E-state index in [-0.39, 0.29) is 24.4 Å². The molecular formula is C13H19ClN2O2. The monoisotopic (exact) mass is 270 g/mol. The highest BCUT2D eigenvalue weighted by Crippen LogP contribution is 2.21. The molecule has 18 heavy (non-hydrogen) atoms. The average Bonchev–Trinajstić information content (AvgIpc) is 2.85. The molecule has 4 nitrogen and oxygen atoms in total. The maximum absolute atomic E-state index is 11.9. The minimum atomic E-state index is -0.0449. The molecule has 0 spiro atoms. The molecule has 1 fully saturated rings. The van der Waals surface area contributed by atoms with Crippen LogP contribution in [0.4, 0.5) is 5.69 Å². The van der Waals surface area contributed by atoms with Crippen molar-refractivity contribution in [2.24, 2.45) is 0 Å².